The van der Waals surface area contributed by atoms with Gasteiger partial charge in [0.05, 0.1) is 13.2 Å². The van der Waals surface area contributed by atoms with E-state index in [4.69, 9.17) is 4.74 Å². The zero-order valence-corrected chi connectivity index (χ0v) is 11.3. The van der Waals surface area contributed by atoms with Crippen LogP contribution in [0.4, 0.5) is 0 Å². The van der Waals surface area contributed by atoms with Crippen LogP contribution in [0.1, 0.15) is 10.4 Å². The fraction of sp³-hybridized carbons (Fsp3) is 0.250. The highest BCUT2D eigenvalue weighted by atomic mass is 16.5. The van der Waals surface area contributed by atoms with Crippen molar-refractivity contribution in [2.24, 2.45) is 0 Å². The first-order valence-corrected chi connectivity index (χ1v) is 6.64. The third-order valence-electron chi connectivity index (χ3n) is 2.89. The molecule has 20 heavy (non-hydrogen) atoms. The topological polar surface area (TPSA) is 42.4 Å². The van der Waals surface area contributed by atoms with Gasteiger partial charge in [-0.1, -0.05) is 18.2 Å². The second kappa shape index (κ2) is 8.07. The third kappa shape index (κ3) is 4.82. The van der Waals surface area contributed by atoms with Crippen molar-refractivity contribution in [3.05, 3.63) is 66.7 Å². The molecule has 0 N–H and O–H groups in total. The highest BCUT2D eigenvalue weighted by Gasteiger charge is 2.04. The van der Waals surface area contributed by atoms with E-state index < -0.39 is 0 Å². The van der Waals surface area contributed by atoms with Gasteiger partial charge in [0.2, 0.25) is 0 Å². The molecule has 2 rings (SSSR count). The minimum atomic E-state index is -0.0193. The number of morpholine rings is 1. The molecule has 0 unspecified atom stereocenters. The summed E-state index contributed by atoms with van der Waals surface area (Å²) in [6, 6.07) is 3.41. The lowest BCUT2D eigenvalue weighted by Crippen LogP contribution is -2.31. The van der Waals surface area contributed by atoms with E-state index in [9.17, 15) is 4.79 Å². The minimum absolute atomic E-state index is 0.0193. The molecule has 0 radical (unpaired) electrons. The Kier molecular flexibility index (Phi) is 5.73. The summed E-state index contributed by atoms with van der Waals surface area (Å²) in [5.74, 6) is -0.0193. The summed E-state index contributed by atoms with van der Waals surface area (Å²) in [6.45, 7) is 3.43. The van der Waals surface area contributed by atoms with Crippen LogP contribution >= 0.6 is 0 Å². The molecule has 0 spiro atoms. The Balaban J connectivity index is 1.76. The van der Waals surface area contributed by atoms with E-state index in [0.29, 0.717) is 5.56 Å². The van der Waals surface area contributed by atoms with Gasteiger partial charge in [-0.25, -0.2) is 0 Å². The number of hydrogen-bond acceptors (Lipinski definition) is 4. The van der Waals surface area contributed by atoms with Crippen LogP contribution in [0.15, 0.2) is 61.1 Å². The molecule has 1 aromatic heterocycles. The molecule has 1 aliphatic rings. The predicted molar refractivity (Wildman–Crippen MR) is 78.4 cm³/mol. The van der Waals surface area contributed by atoms with E-state index in [1.165, 1.54) is 0 Å². The van der Waals surface area contributed by atoms with Crippen molar-refractivity contribution >= 4 is 5.78 Å². The Bertz CT molecular complexity index is 500. The van der Waals surface area contributed by atoms with Gasteiger partial charge in [0.15, 0.2) is 5.78 Å². The molecule has 104 valence electrons. The second-order valence-corrected chi connectivity index (χ2v) is 4.33. The maximum absolute atomic E-state index is 11.7. The number of carbonyl (C=O) groups excluding carboxylic acids is 1. The number of rotatable bonds is 5. The molecule has 0 aromatic carbocycles. The number of carbonyl (C=O) groups is 1. The maximum atomic E-state index is 11.7. The number of ether oxygens (including phenoxy) is 1. The van der Waals surface area contributed by atoms with Crippen LogP contribution in [0, 0.1) is 0 Å². The summed E-state index contributed by atoms with van der Waals surface area (Å²) in [7, 11) is 0. The first-order valence-electron chi connectivity index (χ1n) is 6.64. The summed E-state index contributed by atoms with van der Waals surface area (Å²) in [5.41, 5.74) is 0.647. The summed E-state index contributed by atoms with van der Waals surface area (Å²) in [5, 5.41) is 0. The third-order valence-corrected chi connectivity index (χ3v) is 2.89. The molecule has 2 heterocycles. The van der Waals surface area contributed by atoms with Crippen LogP contribution in [0.25, 0.3) is 0 Å². The highest BCUT2D eigenvalue weighted by Crippen LogP contribution is 1.99. The number of pyridine rings is 1. The van der Waals surface area contributed by atoms with Crippen LogP contribution in [0.3, 0.4) is 0 Å². The first kappa shape index (κ1) is 14.2. The molecule has 1 saturated heterocycles. The van der Waals surface area contributed by atoms with Gasteiger partial charge < -0.3 is 9.64 Å². The Morgan fingerprint density at radius 1 is 1.10 bits per heavy atom. The largest absolute Gasteiger partial charge is 0.378 e. The van der Waals surface area contributed by atoms with Gasteiger partial charge in [0.1, 0.15) is 0 Å². The molecule has 4 nitrogen and oxygen atoms in total. The fourth-order valence-electron chi connectivity index (χ4n) is 1.78. The number of allylic oxidation sites excluding steroid dienone is 5. The van der Waals surface area contributed by atoms with Gasteiger partial charge in [0, 0.05) is 31.0 Å². The monoisotopic (exact) mass is 270 g/mol. The molecule has 0 aliphatic carbocycles. The molecule has 0 atom stereocenters. The lowest BCUT2D eigenvalue weighted by atomic mass is 10.1. The lowest BCUT2D eigenvalue weighted by Gasteiger charge is -2.24. The molecule has 4 heteroatoms. The lowest BCUT2D eigenvalue weighted by molar-refractivity contribution is 0.0594. The van der Waals surface area contributed by atoms with E-state index in [1.54, 1.807) is 36.7 Å². The van der Waals surface area contributed by atoms with Gasteiger partial charge in [-0.3, -0.25) is 9.78 Å². The molecule has 1 aliphatic heterocycles. The molecule has 1 fully saturated rings. The van der Waals surface area contributed by atoms with Crippen molar-refractivity contribution in [1.29, 1.82) is 0 Å². The van der Waals surface area contributed by atoms with Crippen molar-refractivity contribution in [2.45, 2.75) is 0 Å². The SMILES string of the molecule is O=C(/C=C/C=C/C=C/N1CCOCC1)c1ccncc1. The molecule has 0 saturated carbocycles. The molecule has 0 bridgehead atoms. The van der Waals surface area contributed by atoms with Crippen LogP contribution in [0.5, 0.6) is 0 Å². The Morgan fingerprint density at radius 3 is 2.55 bits per heavy atom. The molecular formula is C16H18N2O2. The van der Waals surface area contributed by atoms with Gasteiger partial charge in [-0.15, -0.1) is 0 Å². The predicted octanol–water partition coefficient (Wildman–Crippen LogP) is 2.22. The quantitative estimate of drug-likeness (QED) is 0.467. The van der Waals surface area contributed by atoms with Crippen LogP contribution in [-0.2, 0) is 4.74 Å². The smallest absolute Gasteiger partial charge is 0.185 e. The average Bonchev–Trinajstić information content (AvgIpc) is 2.52. The molecule has 1 aromatic rings. The van der Waals surface area contributed by atoms with E-state index in [2.05, 4.69) is 9.88 Å². The van der Waals surface area contributed by atoms with E-state index in [-0.39, 0.29) is 5.78 Å². The number of hydrogen-bond donors (Lipinski definition) is 0. The zero-order valence-electron chi connectivity index (χ0n) is 11.3. The molecule has 0 amide bonds. The van der Waals surface area contributed by atoms with E-state index in [1.807, 2.05) is 24.4 Å². The molecular weight excluding hydrogens is 252 g/mol. The second-order valence-electron chi connectivity index (χ2n) is 4.33. The number of nitrogens with zero attached hydrogens (tertiary/aromatic N) is 2. The van der Waals surface area contributed by atoms with Gasteiger partial charge in [-0.2, -0.15) is 0 Å². The fourth-order valence-corrected chi connectivity index (χ4v) is 1.78. The Hall–Kier alpha value is -2.20. The summed E-state index contributed by atoms with van der Waals surface area (Å²) >= 11 is 0. The van der Waals surface area contributed by atoms with Crippen LogP contribution < -0.4 is 0 Å². The van der Waals surface area contributed by atoms with Gasteiger partial charge in [-0.05, 0) is 30.5 Å². The van der Waals surface area contributed by atoms with Crippen molar-refractivity contribution < 1.29 is 9.53 Å². The standard InChI is InChI=1S/C16H18N2O2/c19-16(15-6-8-17-9-7-15)5-3-1-2-4-10-18-11-13-20-14-12-18/h1-10H,11-14H2/b2-1+,5-3+,10-4+. The van der Waals surface area contributed by atoms with Crippen molar-refractivity contribution in [1.82, 2.24) is 9.88 Å². The van der Waals surface area contributed by atoms with E-state index >= 15 is 0 Å². The summed E-state index contributed by atoms with van der Waals surface area (Å²) < 4.78 is 5.27. The zero-order chi connectivity index (χ0) is 14.0. The van der Waals surface area contributed by atoms with E-state index in [0.717, 1.165) is 26.3 Å². The van der Waals surface area contributed by atoms with Crippen molar-refractivity contribution in [2.75, 3.05) is 26.3 Å². The summed E-state index contributed by atoms with van der Waals surface area (Å²) in [4.78, 5) is 17.8. The number of aromatic nitrogens is 1. The van der Waals surface area contributed by atoms with Crippen molar-refractivity contribution in [3.8, 4) is 0 Å². The van der Waals surface area contributed by atoms with Crippen LogP contribution in [-0.4, -0.2) is 42.0 Å². The average molecular weight is 270 g/mol. The maximum Gasteiger partial charge on any atom is 0.185 e. The minimum Gasteiger partial charge on any atom is -0.378 e. The van der Waals surface area contributed by atoms with Gasteiger partial charge >= 0.3 is 0 Å². The summed E-state index contributed by atoms with van der Waals surface area (Å²) in [6.07, 6.45) is 14.3. The first-order chi connectivity index (χ1) is 9.86. The Morgan fingerprint density at radius 2 is 1.80 bits per heavy atom. The normalized spacial score (nSPS) is 16.5. The highest BCUT2D eigenvalue weighted by molar-refractivity contribution is 6.04. The van der Waals surface area contributed by atoms with Crippen molar-refractivity contribution in [3.63, 3.8) is 0 Å². The van der Waals surface area contributed by atoms with Gasteiger partial charge in [0.25, 0.3) is 0 Å². The van der Waals surface area contributed by atoms with Crippen LogP contribution in [0.2, 0.25) is 0 Å². The number of ketones is 1. The Labute approximate surface area is 119 Å².